The summed E-state index contributed by atoms with van der Waals surface area (Å²) in [6, 6.07) is 5.47. The van der Waals surface area contributed by atoms with Gasteiger partial charge in [-0.15, -0.1) is 0 Å². The van der Waals surface area contributed by atoms with Gasteiger partial charge in [-0.2, -0.15) is 13.2 Å². The molecule has 6 heteroatoms. The van der Waals surface area contributed by atoms with E-state index in [2.05, 4.69) is 5.32 Å². The van der Waals surface area contributed by atoms with Gasteiger partial charge in [0, 0.05) is 18.5 Å². The SMILES string of the molecule is O=C(NCCCC(F)(F)F)c1ccc(O)cc1. The third kappa shape index (κ3) is 5.24. The van der Waals surface area contributed by atoms with Crippen molar-refractivity contribution < 1.29 is 23.1 Å². The maximum absolute atomic E-state index is 11.8. The highest BCUT2D eigenvalue weighted by Gasteiger charge is 2.25. The number of nitrogens with one attached hydrogen (secondary N) is 1. The molecule has 2 N–H and O–H groups in total. The van der Waals surface area contributed by atoms with Crippen LogP contribution in [0.2, 0.25) is 0 Å². The fraction of sp³-hybridized carbons (Fsp3) is 0.364. The molecule has 0 fully saturated rings. The summed E-state index contributed by atoms with van der Waals surface area (Å²) in [4.78, 5) is 11.4. The minimum atomic E-state index is -4.19. The van der Waals surface area contributed by atoms with E-state index in [1.54, 1.807) is 0 Å². The lowest BCUT2D eigenvalue weighted by Gasteiger charge is -2.07. The minimum Gasteiger partial charge on any atom is -0.508 e. The second-order valence-electron chi connectivity index (χ2n) is 3.52. The lowest BCUT2D eigenvalue weighted by molar-refractivity contribution is -0.135. The molecule has 0 aliphatic heterocycles. The molecule has 0 heterocycles. The Bertz CT molecular complexity index is 373. The van der Waals surface area contributed by atoms with Crippen molar-refractivity contribution in [2.24, 2.45) is 0 Å². The lowest BCUT2D eigenvalue weighted by atomic mass is 10.2. The molecule has 1 aromatic rings. The third-order valence-electron chi connectivity index (χ3n) is 2.05. The fourth-order valence-corrected chi connectivity index (χ4v) is 1.21. The van der Waals surface area contributed by atoms with Gasteiger partial charge in [0.2, 0.25) is 0 Å². The first-order valence-corrected chi connectivity index (χ1v) is 5.02. The van der Waals surface area contributed by atoms with Crippen LogP contribution in [0.5, 0.6) is 5.75 Å². The van der Waals surface area contributed by atoms with Gasteiger partial charge in [-0.25, -0.2) is 0 Å². The Kier molecular flexibility index (Phi) is 4.37. The third-order valence-corrected chi connectivity index (χ3v) is 2.05. The number of benzene rings is 1. The van der Waals surface area contributed by atoms with Gasteiger partial charge in [0.15, 0.2) is 0 Å². The highest BCUT2D eigenvalue weighted by molar-refractivity contribution is 5.94. The summed E-state index contributed by atoms with van der Waals surface area (Å²) >= 11 is 0. The van der Waals surface area contributed by atoms with E-state index in [1.165, 1.54) is 24.3 Å². The highest BCUT2D eigenvalue weighted by atomic mass is 19.4. The minimum absolute atomic E-state index is 0.0265. The van der Waals surface area contributed by atoms with E-state index in [9.17, 15) is 18.0 Å². The van der Waals surface area contributed by atoms with Crippen LogP contribution in [-0.4, -0.2) is 23.7 Å². The predicted molar refractivity (Wildman–Crippen MR) is 55.7 cm³/mol. The van der Waals surface area contributed by atoms with Crippen LogP contribution in [0, 0.1) is 0 Å². The maximum atomic E-state index is 11.8. The van der Waals surface area contributed by atoms with Gasteiger partial charge in [0.1, 0.15) is 5.75 Å². The van der Waals surface area contributed by atoms with Crippen LogP contribution in [-0.2, 0) is 0 Å². The molecular formula is C11H12F3NO2. The molecule has 94 valence electrons. The van der Waals surface area contributed by atoms with Crippen molar-refractivity contribution in [1.29, 1.82) is 0 Å². The number of hydrogen-bond acceptors (Lipinski definition) is 2. The molecule has 0 aliphatic rings. The standard InChI is InChI=1S/C11H12F3NO2/c12-11(13,14)6-1-7-15-10(17)8-2-4-9(16)5-3-8/h2-5,16H,1,6-7H2,(H,15,17). The quantitative estimate of drug-likeness (QED) is 0.803. The largest absolute Gasteiger partial charge is 0.508 e. The van der Waals surface area contributed by atoms with Gasteiger partial charge in [0.25, 0.3) is 5.91 Å². The van der Waals surface area contributed by atoms with Crippen LogP contribution in [0.1, 0.15) is 23.2 Å². The van der Waals surface area contributed by atoms with Gasteiger partial charge in [-0.05, 0) is 30.7 Å². The number of rotatable bonds is 4. The maximum Gasteiger partial charge on any atom is 0.389 e. The summed E-state index contributed by atoms with van der Waals surface area (Å²) in [6.45, 7) is -0.0286. The van der Waals surface area contributed by atoms with Crippen molar-refractivity contribution >= 4 is 5.91 Å². The van der Waals surface area contributed by atoms with Gasteiger partial charge in [-0.3, -0.25) is 4.79 Å². The first kappa shape index (κ1) is 13.3. The van der Waals surface area contributed by atoms with Crippen LogP contribution in [0.3, 0.4) is 0 Å². The van der Waals surface area contributed by atoms with Crippen LogP contribution < -0.4 is 5.32 Å². The predicted octanol–water partition coefficient (Wildman–Crippen LogP) is 2.46. The van der Waals surface area contributed by atoms with Crippen LogP contribution in [0.25, 0.3) is 0 Å². The second-order valence-corrected chi connectivity index (χ2v) is 3.52. The Labute approximate surface area is 96.3 Å². The molecular weight excluding hydrogens is 235 g/mol. The lowest BCUT2D eigenvalue weighted by Crippen LogP contribution is -2.25. The van der Waals surface area contributed by atoms with E-state index >= 15 is 0 Å². The number of carbonyl (C=O) groups excluding carboxylic acids is 1. The molecule has 3 nitrogen and oxygen atoms in total. The normalized spacial score (nSPS) is 11.2. The molecule has 1 aromatic carbocycles. The van der Waals surface area contributed by atoms with Gasteiger partial charge in [-0.1, -0.05) is 0 Å². The summed E-state index contributed by atoms with van der Waals surface area (Å²) in [5.41, 5.74) is 0.301. The van der Waals surface area contributed by atoms with Crippen molar-refractivity contribution in [3.05, 3.63) is 29.8 Å². The van der Waals surface area contributed by atoms with Gasteiger partial charge in [0.05, 0.1) is 0 Å². The van der Waals surface area contributed by atoms with E-state index in [1.807, 2.05) is 0 Å². The zero-order chi connectivity index (χ0) is 12.9. The zero-order valence-corrected chi connectivity index (χ0v) is 8.92. The summed E-state index contributed by atoms with van der Waals surface area (Å²) in [5, 5.41) is 11.4. The van der Waals surface area contributed by atoms with Crippen molar-refractivity contribution in [3.8, 4) is 5.75 Å². The van der Waals surface area contributed by atoms with Crippen molar-refractivity contribution in [1.82, 2.24) is 5.32 Å². The molecule has 1 amide bonds. The summed E-state index contributed by atoms with van der Waals surface area (Å²) in [5.74, 6) is -0.425. The Morgan fingerprint density at radius 3 is 2.35 bits per heavy atom. The van der Waals surface area contributed by atoms with Crippen LogP contribution in [0.4, 0.5) is 13.2 Å². The van der Waals surface area contributed by atoms with E-state index < -0.39 is 18.5 Å². The van der Waals surface area contributed by atoms with E-state index in [0.29, 0.717) is 5.56 Å². The van der Waals surface area contributed by atoms with E-state index in [4.69, 9.17) is 5.11 Å². The molecule has 1 rings (SSSR count). The van der Waals surface area contributed by atoms with Crippen LogP contribution in [0.15, 0.2) is 24.3 Å². The number of halogens is 3. The smallest absolute Gasteiger partial charge is 0.389 e. The molecule has 0 atom stereocenters. The fourth-order valence-electron chi connectivity index (χ4n) is 1.21. The molecule has 0 aromatic heterocycles. The first-order valence-electron chi connectivity index (χ1n) is 5.02. The number of phenolic OH excluding ortho intramolecular Hbond substituents is 1. The monoisotopic (exact) mass is 247 g/mol. The Morgan fingerprint density at radius 1 is 1.24 bits per heavy atom. The molecule has 0 spiro atoms. The molecule has 0 bridgehead atoms. The van der Waals surface area contributed by atoms with Crippen LogP contribution >= 0.6 is 0 Å². The molecule has 0 saturated carbocycles. The first-order chi connectivity index (χ1) is 7.88. The van der Waals surface area contributed by atoms with E-state index in [-0.39, 0.29) is 18.7 Å². The Hall–Kier alpha value is -1.72. The average molecular weight is 247 g/mol. The summed E-state index contributed by atoms with van der Waals surface area (Å²) in [6.07, 6.45) is -5.25. The van der Waals surface area contributed by atoms with Crippen molar-refractivity contribution in [3.63, 3.8) is 0 Å². The van der Waals surface area contributed by atoms with Crippen molar-refractivity contribution in [2.75, 3.05) is 6.54 Å². The number of hydrogen-bond donors (Lipinski definition) is 2. The molecule has 0 saturated heterocycles. The molecule has 17 heavy (non-hydrogen) atoms. The molecule has 0 unspecified atom stereocenters. The van der Waals surface area contributed by atoms with Gasteiger partial charge < -0.3 is 10.4 Å². The van der Waals surface area contributed by atoms with E-state index in [0.717, 1.165) is 0 Å². The number of phenols is 1. The number of aromatic hydroxyl groups is 1. The Morgan fingerprint density at radius 2 is 1.82 bits per heavy atom. The average Bonchev–Trinajstić information content (AvgIpc) is 2.24. The van der Waals surface area contributed by atoms with Gasteiger partial charge >= 0.3 is 6.18 Å². The highest BCUT2D eigenvalue weighted by Crippen LogP contribution is 2.20. The number of carbonyl (C=O) groups is 1. The topological polar surface area (TPSA) is 49.3 Å². The number of alkyl halides is 3. The van der Waals surface area contributed by atoms with Crippen molar-refractivity contribution in [2.45, 2.75) is 19.0 Å². The molecule has 0 radical (unpaired) electrons. The second kappa shape index (κ2) is 5.56. The zero-order valence-electron chi connectivity index (χ0n) is 8.92. The molecule has 0 aliphatic carbocycles. The summed E-state index contributed by atoms with van der Waals surface area (Å²) in [7, 11) is 0. The number of amides is 1. The Balaban J connectivity index is 2.33. The summed E-state index contributed by atoms with van der Waals surface area (Å²) < 4.78 is 35.4.